The van der Waals surface area contributed by atoms with E-state index >= 15 is 0 Å². The molecule has 138 valence electrons. The first-order chi connectivity index (χ1) is 12.3. The Bertz CT molecular complexity index is 531. The Morgan fingerprint density at radius 3 is 2.80 bits per heavy atom. The number of hydrogen-bond donors (Lipinski definition) is 0. The predicted octanol–water partition coefficient (Wildman–Crippen LogP) is 3.50. The molecule has 2 aliphatic rings. The molecule has 0 aromatic carbocycles. The first-order valence-corrected chi connectivity index (χ1v) is 9.69. The van der Waals surface area contributed by atoms with Crippen LogP contribution in [-0.2, 0) is 14.3 Å². The van der Waals surface area contributed by atoms with Gasteiger partial charge in [0.2, 0.25) is 0 Å². The number of likely N-dealkylation sites (tertiary alicyclic amines) is 1. The molecule has 0 spiro atoms. The molecule has 3 heterocycles. The smallest absolute Gasteiger partial charge is 0.251 e. The number of carbonyl (C=O) groups is 1. The van der Waals surface area contributed by atoms with Gasteiger partial charge in [0.1, 0.15) is 6.10 Å². The van der Waals surface area contributed by atoms with Gasteiger partial charge in [0, 0.05) is 25.5 Å². The Labute approximate surface area is 150 Å². The van der Waals surface area contributed by atoms with Gasteiger partial charge in [-0.2, -0.15) is 0 Å². The summed E-state index contributed by atoms with van der Waals surface area (Å²) in [7, 11) is 0. The molecule has 5 heteroatoms. The summed E-state index contributed by atoms with van der Waals surface area (Å²) in [5, 5.41) is 0. The highest BCUT2D eigenvalue weighted by Gasteiger charge is 2.30. The van der Waals surface area contributed by atoms with Gasteiger partial charge in [-0.25, -0.2) is 0 Å². The zero-order valence-corrected chi connectivity index (χ0v) is 15.2. The lowest BCUT2D eigenvalue weighted by Gasteiger charge is -2.33. The Hall–Kier alpha value is -1.46. The normalized spacial score (nSPS) is 26.0. The van der Waals surface area contributed by atoms with Crippen LogP contribution in [0, 0.1) is 0 Å². The van der Waals surface area contributed by atoms with Crippen molar-refractivity contribution in [2.75, 3.05) is 19.8 Å². The maximum Gasteiger partial charge on any atom is 0.251 e. The van der Waals surface area contributed by atoms with Crippen LogP contribution in [0.2, 0.25) is 0 Å². The maximum absolute atomic E-state index is 13.1. The van der Waals surface area contributed by atoms with Crippen LogP contribution in [0.1, 0.15) is 63.5 Å². The highest BCUT2D eigenvalue weighted by Crippen LogP contribution is 2.30. The maximum atomic E-state index is 13.1. The SMILES string of the molecule is CC(OCC1CCCCO1)C(=O)N1CCCCCC1c1ccncc1. The zero-order valence-electron chi connectivity index (χ0n) is 15.2. The van der Waals surface area contributed by atoms with Gasteiger partial charge in [0.15, 0.2) is 0 Å². The molecule has 0 aliphatic carbocycles. The van der Waals surface area contributed by atoms with Crippen molar-refractivity contribution < 1.29 is 14.3 Å². The van der Waals surface area contributed by atoms with E-state index in [0.29, 0.717) is 6.61 Å². The lowest BCUT2D eigenvalue weighted by atomic mass is 10.0. The van der Waals surface area contributed by atoms with Crippen LogP contribution in [0.4, 0.5) is 0 Å². The molecule has 3 unspecified atom stereocenters. The van der Waals surface area contributed by atoms with Crippen molar-refractivity contribution in [2.45, 2.75) is 70.1 Å². The minimum Gasteiger partial charge on any atom is -0.376 e. The summed E-state index contributed by atoms with van der Waals surface area (Å²) in [5.41, 5.74) is 1.17. The molecule has 2 aliphatic heterocycles. The van der Waals surface area contributed by atoms with E-state index in [4.69, 9.17) is 9.47 Å². The zero-order chi connectivity index (χ0) is 17.5. The van der Waals surface area contributed by atoms with Gasteiger partial charge in [-0.05, 0) is 56.7 Å². The lowest BCUT2D eigenvalue weighted by Crippen LogP contribution is -2.42. The van der Waals surface area contributed by atoms with Gasteiger partial charge in [-0.1, -0.05) is 12.8 Å². The van der Waals surface area contributed by atoms with Crippen molar-refractivity contribution in [3.05, 3.63) is 30.1 Å². The standard InChI is InChI=1S/C20H30N2O3/c1-16(25-15-18-7-4-6-14-24-18)20(23)22-13-5-2-3-8-19(22)17-9-11-21-12-10-17/h9-12,16,18-19H,2-8,13-15H2,1H3. The third kappa shape index (κ3) is 5.02. The van der Waals surface area contributed by atoms with Crippen LogP contribution in [0.25, 0.3) is 0 Å². The quantitative estimate of drug-likeness (QED) is 0.819. The van der Waals surface area contributed by atoms with Gasteiger partial charge in [-0.3, -0.25) is 9.78 Å². The first kappa shape index (κ1) is 18.3. The average molecular weight is 346 g/mol. The summed E-state index contributed by atoms with van der Waals surface area (Å²) in [5.74, 6) is 0.0968. The molecular formula is C20H30N2O3. The monoisotopic (exact) mass is 346 g/mol. The van der Waals surface area contributed by atoms with E-state index in [-0.39, 0.29) is 18.1 Å². The summed E-state index contributed by atoms with van der Waals surface area (Å²) in [6.07, 6.45) is 11.1. The number of carbonyl (C=O) groups excluding carboxylic acids is 1. The van der Waals surface area contributed by atoms with Crippen LogP contribution >= 0.6 is 0 Å². The second-order valence-corrected chi connectivity index (χ2v) is 7.14. The number of pyridine rings is 1. The van der Waals surface area contributed by atoms with Crippen molar-refractivity contribution in [3.63, 3.8) is 0 Å². The van der Waals surface area contributed by atoms with E-state index in [0.717, 1.165) is 45.3 Å². The van der Waals surface area contributed by atoms with E-state index < -0.39 is 6.10 Å². The van der Waals surface area contributed by atoms with Crippen LogP contribution in [-0.4, -0.2) is 47.8 Å². The van der Waals surface area contributed by atoms with Crippen molar-refractivity contribution in [1.82, 2.24) is 9.88 Å². The molecule has 2 fully saturated rings. The fraction of sp³-hybridized carbons (Fsp3) is 0.700. The molecule has 3 rings (SSSR count). The lowest BCUT2D eigenvalue weighted by molar-refractivity contribution is -0.148. The topological polar surface area (TPSA) is 51.7 Å². The molecule has 2 saturated heterocycles. The van der Waals surface area contributed by atoms with Gasteiger partial charge >= 0.3 is 0 Å². The van der Waals surface area contributed by atoms with E-state index in [1.54, 1.807) is 0 Å². The number of rotatable bonds is 5. The summed E-state index contributed by atoms with van der Waals surface area (Å²) in [6.45, 7) is 4.01. The van der Waals surface area contributed by atoms with Crippen LogP contribution in [0.15, 0.2) is 24.5 Å². The highest BCUT2D eigenvalue weighted by molar-refractivity contribution is 5.81. The second-order valence-electron chi connectivity index (χ2n) is 7.14. The summed E-state index contributed by atoms with van der Waals surface area (Å²) in [6, 6.07) is 4.19. The van der Waals surface area contributed by atoms with Crippen LogP contribution in [0.3, 0.4) is 0 Å². The molecule has 0 radical (unpaired) electrons. The molecule has 0 N–H and O–H groups in total. The van der Waals surface area contributed by atoms with Crippen molar-refractivity contribution in [3.8, 4) is 0 Å². The highest BCUT2D eigenvalue weighted by atomic mass is 16.5. The number of hydrogen-bond acceptors (Lipinski definition) is 4. The van der Waals surface area contributed by atoms with Crippen molar-refractivity contribution >= 4 is 5.91 Å². The third-order valence-electron chi connectivity index (χ3n) is 5.28. The van der Waals surface area contributed by atoms with E-state index in [1.807, 2.05) is 36.4 Å². The largest absolute Gasteiger partial charge is 0.376 e. The van der Waals surface area contributed by atoms with E-state index in [1.165, 1.54) is 18.4 Å². The van der Waals surface area contributed by atoms with Crippen LogP contribution in [0.5, 0.6) is 0 Å². The number of aromatic nitrogens is 1. The molecule has 5 nitrogen and oxygen atoms in total. The summed E-state index contributed by atoms with van der Waals surface area (Å²) < 4.78 is 11.6. The molecule has 0 bridgehead atoms. The minimum absolute atomic E-state index is 0.0968. The number of ether oxygens (including phenoxy) is 2. The fourth-order valence-corrected chi connectivity index (χ4v) is 3.80. The van der Waals surface area contributed by atoms with Crippen molar-refractivity contribution in [2.24, 2.45) is 0 Å². The van der Waals surface area contributed by atoms with E-state index in [9.17, 15) is 4.79 Å². The van der Waals surface area contributed by atoms with Crippen molar-refractivity contribution in [1.29, 1.82) is 0 Å². The van der Waals surface area contributed by atoms with Gasteiger partial charge in [0.05, 0.1) is 18.8 Å². The molecule has 1 amide bonds. The van der Waals surface area contributed by atoms with Crippen LogP contribution < -0.4 is 0 Å². The minimum atomic E-state index is -0.423. The third-order valence-corrected chi connectivity index (χ3v) is 5.28. The molecule has 1 aromatic rings. The molecule has 3 atom stereocenters. The second kappa shape index (κ2) is 9.30. The number of nitrogens with zero attached hydrogens (tertiary/aromatic N) is 2. The molecular weight excluding hydrogens is 316 g/mol. The van der Waals surface area contributed by atoms with Gasteiger partial charge in [-0.15, -0.1) is 0 Å². The number of amides is 1. The molecule has 0 saturated carbocycles. The average Bonchev–Trinajstić information content (AvgIpc) is 2.93. The molecule has 25 heavy (non-hydrogen) atoms. The first-order valence-electron chi connectivity index (χ1n) is 9.69. The Morgan fingerprint density at radius 1 is 1.24 bits per heavy atom. The molecule has 1 aromatic heterocycles. The Balaban J connectivity index is 1.62. The van der Waals surface area contributed by atoms with Gasteiger partial charge in [0.25, 0.3) is 5.91 Å². The van der Waals surface area contributed by atoms with E-state index in [2.05, 4.69) is 4.98 Å². The predicted molar refractivity (Wildman–Crippen MR) is 96.2 cm³/mol. The fourth-order valence-electron chi connectivity index (χ4n) is 3.80. The Kier molecular flexibility index (Phi) is 6.82. The van der Waals surface area contributed by atoms with Gasteiger partial charge < -0.3 is 14.4 Å². The Morgan fingerprint density at radius 2 is 2.04 bits per heavy atom. The summed E-state index contributed by atoms with van der Waals surface area (Å²) >= 11 is 0. The summed E-state index contributed by atoms with van der Waals surface area (Å²) in [4.78, 5) is 19.2.